The molecule has 0 aliphatic heterocycles. The Morgan fingerprint density at radius 2 is 1.61 bits per heavy atom. The van der Waals surface area contributed by atoms with Crippen molar-refractivity contribution in [2.75, 3.05) is 27.4 Å². The lowest BCUT2D eigenvalue weighted by Gasteiger charge is -2.24. The van der Waals surface area contributed by atoms with Crippen LogP contribution in [0.25, 0.3) is 0 Å². The van der Waals surface area contributed by atoms with E-state index in [0.29, 0.717) is 5.57 Å². The minimum Gasteiger partial charge on any atom is -0.462 e. The maximum atomic E-state index is 11.4. The van der Waals surface area contributed by atoms with E-state index in [9.17, 15) is 9.59 Å². The van der Waals surface area contributed by atoms with Gasteiger partial charge in [-0.15, -0.1) is 0 Å². The number of hydrogen-bond acceptors (Lipinski definition) is 6. The molecule has 0 heterocycles. The van der Waals surface area contributed by atoms with E-state index in [1.54, 1.807) is 6.92 Å². The van der Waals surface area contributed by atoms with Crippen molar-refractivity contribution >= 4 is 11.9 Å². The molecule has 0 bridgehead atoms. The summed E-state index contributed by atoms with van der Waals surface area (Å²) < 4.78 is 19.7. The molecule has 18 heavy (non-hydrogen) atoms. The van der Waals surface area contributed by atoms with E-state index in [4.69, 9.17) is 18.9 Å². The molecular weight excluding hydrogens is 240 g/mol. The summed E-state index contributed by atoms with van der Waals surface area (Å²) in [5.74, 6) is -2.01. The zero-order chi connectivity index (χ0) is 14.2. The van der Waals surface area contributed by atoms with Crippen molar-refractivity contribution in [3.63, 3.8) is 0 Å². The summed E-state index contributed by atoms with van der Waals surface area (Å²) in [6.07, 6.45) is -0.0472. The van der Waals surface area contributed by atoms with Gasteiger partial charge in [-0.1, -0.05) is 6.58 Å². The molecule has 0 fully saturated rings. The molecule has 0 aromatic carbocycles. The second-order valence-electron chi connectivity index (χ2n) is 3.86. The first-order valence-corrected chi connectivity index (χ1v) is 5.43. The lowest BCUT2D eigenvalue weighted by molar-refractivity contribution is -0.206. The van der Waals surface area contributed by atoms with Crippen LogP contribution in [0.5, 0.6) is 0 Å². The van der Waals surface area contributed by atoms with E-state index < -0.39 is 17.7 Å². The first-order chi connectivity index (χ1) is 8.34. The summed E-state index contributed by atoms with van der Waals surface area (Å²) in [5, 5.41) is 0. The third-order valence-electron chi connectivity index (χ3n) is 2.26. The van der Waals surface area contributed by atoms with Crippen molar-refractivity contribution in [2.24, 2.45) is 0 Å². The predicted octanol–water partition coefficient (Wildman–Crippen LogP) is 1.05. The quantitative estimate of drug-likeness (QED) is 0.281. The van der Waals surface area contributed by atoms with Gasteiger partial charge in [0.25, 0.3) is 0 Å². The summed E-state index contributed by atoms with van der Waals surface area (Å²) in [7, 11) is 2.87. The largest absolute Gasteiger partial charge is 0.462 e. The highest BCUT2D eigenvalue weighted by Gasteiger charge is 2.27. The third kappa shape index (κ3) is 6.36. The fourth-order valence-electron chi connectivity index (χ4n) is 0.954. The molecular formula is C12H20O6. The van der Waals surface area contributed by atoms with Crippen LogP contribution in [0, 0.1) is 0 Å². The fourth-order valence-corrected chi connectivity index (χ4v) is 0.954. The number of methoxy groups -OCH3 is 2. The topological polar surface area (TPSA) is 71.1 Å². The molecule has 0 aliphatic carbocycles. The third-order valence-corrected chi connectivity index (χ3v) is 2.26. The van der Waals surface area contributed by atoms with Crippen molar-refractivity contribution in [3.8, 4) is 0 Å². The van der Waals surface area contributed by atoms with E-state index in [1.165, 1.54) is 21.1 Å². The van der Waals surface area contributed by atoms with Gasteiger partial charge in [0, 0.05) is 19.8 Å². The second kappa shape index (κ2) is 7.84. The smallest absolute Gasteiger partial charge is 0.333 e. The molecule has 0 unspecified atom stereocenters. The molecule has 6 heteroatoms. The van der Waals surface area contributed by atoms with E-state index in [0.717, 1.165) is 0 Å². The van der Waals surface area contributed by atoms with Crippen LogP contribution < -0.4 is 0 Å². The Kier molecular flexibility index (Phi) is 7.23. The summed E-state index contributed by atoms with van der Waals surface area (Å²) in [5.41, 5.74) is 0.299. The zero-order valence-electron chi connectivity index (χ0n) is 11.3. The van der Waals surface area contributed by atoms with Crippen molar-refractivity contribution < 1.29 is 28.5 Å². The molecule has 0 saturated carbocycles. The maximum Gasteiger partial charge on any atom is 0.333 e. The van der Waals surface area contributed by atoms with Gasteiger partial charge < -0.3 is 18.9 Å². The summed E-state index contributed by atoms with van der Waals surface area (Å²) >= 11 is 0. The van der Waals surface area contributed by atoms with Crippen LogP contribution >= 0.6 is 0 Å². The van der Waals surface area contributed by atoms with Crippen LogP contribution in [-0.2, 0) is 28.5 Å². The number of ether oxygens (including phenoxy) is 4. The van der Waals surface area contributed by atoms with Crippen molar-refractivity contribution in [3.05, 3.63) is 12.2 Å². The van der Waals surface area contributed by atoms with Crippen LogP contribution in [0.3, 0.4) is 0 Å². The Hall–Kier alpha value is -1.40. The highest BCUT2D eigenvalue weighted by atomic mass is 16.7. The van der Waals surface area contributed by atoms with Gasteiger partial charge in [-0.3, -0.25) is 4.79 Å². The van der Waals surface area contributed by atoms with Gasteiger partial charge in [-0.2, -0.15) is 0 Å². The molecule has 0 aromatic heterocycles. The Labute approximate surface area is 107 Å². The van der Waals surface area contributed by atoms with E-state index in [2.05, 4.69) is 6.58 Å². The molecule has 0 spiro atoms. The fraction of sp³-hybridized carbons (Fsp3) is 0.667. The minimum absolute atomic E-state index is 0.00584. The standard InChI is InChI=1S/C12H20O6/c1-9(2)11(14)18-7-6-17-10(13)8-12(3,15-4)16-5/h1,6-8H2,2-5H3. The Morgan fingerprint density at radius 3 is 2.06 bits per heavy atom. The van der Waals surface area contributed by atoms with Crippen molar-refractivity contribution in [1.29, 1.82) is 0 Å². The number of carbonyl (C=O) groups excluding carboxylic acids is 2. The minimum atomic E-state index is -1.01. The molecule has 0 aromatic rings. The van der Waals surface area contributed by atoms with Gasteiger partial charge in [-0.05, 0) is 13.8 Å². The van der Waals surface area contributed by atoms with Crippen LogP contribution in [0.15, 0.2) is 12.2 Å². The Balaban J connectivity index is 3.85. The van der Waals surface area contributed by atoms with Crippen LogP contribution in [0.4, 0.5) is 0 Å². The lowest BCUT2D eigenvalue weighted by atomic mass is 10.2. The molecule has 0 amide bonds. The average Bonchev–Trinajstić information content (AvgIpc) is 2.33. The van der Waals surface area contributed by atoms with Gasteiger partial charge in [0.1, 0.15) is 13.2 Å². The summed E-state index contributed by atoms with van der Waals surface area (Å²) in [6.45, 7) is 6.56. The van der Waals surface area contributed by atoms with Crippen LogP contribution in [-0.4, -0.2) is 45.2 Å². The molecule has 0 aliphatic rings. The zero-order valence-corrected chi connectivity index (χ0v) is 11.3. The lowest BCUT2D eigenvalue weighted by Crippen LogP contribution is -2.33. The molecule has 0 N–H and O–H groups in total. The molecule has 104 valence electrons. The van der Waals surface area contributed by atoms with Gasteiger partial charge >= 0.3 is 11.9 Å². The van der Waals surface area contributed by atoms with E-state index >= 15 is 0 Å². The monoisotopic (exact) mass is 260 g/mol. The molecule has 0 radical (unpaired) electrons. The van der Waals surface area contributed by atoms with Gasteiger partial charge in [0.05, 0.1) is 6.42 Å². The van der Waals surface area contributed by atoms with E-state index in [1.807, 2.05) is 0 Å². The number of esters is 2. The number of rotatable bonds is 8. The Bertz CT molecular complexity index is 306. The van der Waals surface area contributed by atoms with Crippen LogP contribution in [0.1, 0.15) is 20.3 Å². The molecule has 0 rings (SSSR count). The van der Waals surface area contributed by atoms with Crippen LogP contribution in [0.2, 0.25) is 0 Å². The molecule has 0 saturated heterocycles. The molecule has 6 nitrogen and oxygen atoms in total. The first kappa shape index (κ1) is 16.6. The first-order valence-electron chi connectivity index (χ1n) is 5.43. The Morgan fingerprint density at radius 1 is 1.11 bits per heavy atom. The van der Waals surface area contributed by atoms with Gasteiger partial charge in [-0.25, -0.2) is 4.79 Å². The normalized spacial score (nSPS) is 10.9. The SMILES string of the molecule is C=C(C)C(=O)OCCOC(=O)CC(C)(OC)OC. The highest BCUT2D eigenvalue weighted by Crippen LogP contribution is 2.15. The summed E-state index contributed by atoms with van der Waals surface area (Å²) in [4.78, 5) is 22.4. The highest BCUT2D eigenvalue weighted by molar-refractivity contribution is 5.86. The van der Waals surface area contributed by atoms with E-state index in [-0.39, 0.29) is 19.6 Å². The number of carbonyl (C=O) groups is 2. The summed E-state index contributed by atoms with van der Waals surface area (Å²) in [6, 6.07) is 0. The average molecular weight is 260 g/mol. The van der Waals surface area contributed by atoms with Crippen molar-refractivity contribution in [2.45, 2.75) is 26.1 Å². The van der Waals surface area contributed by atoms with Gasteiger partial charge in [0.15, 0.2) is 5.79 Å². The van der Waals surface area contributed by atoms with Crippen molar-refractivity contribution in [1.82, 2.24) is 0 Å². The predicted molar refractivity (Wildman–Crippen MR) is 63.8 cm³/mol. The number of hydrogen-bond donors (Lipinski definition) is 0. The second-order valence-corrected chi connectivity index (χ2v) is 3.86. The van der Waals surface area contributed by atoms with Gasteiger partial charge in [0.2, 0.25) is 0 Å². The molecule has 0 atom stereocenters. The maximum absolute atomic E-state index is 11.4.